The highest BCUT2D eigenvalue weighted by Crippen LogP contribution is 2.27. The van der Waals surface area contributed by atoms with Gasteiger partial charge in [0.1, 0.15) is 18.2 Å². The molecule has 0 spiro atoms. The van der Waals surface area contributed by atoms with Gasteiger partial charge in [-0.25, -0.2) is 13.8 Å². The van der Waals surface area contributed by atoms with Crippen molar-refractivity contribution >= 4 is 11.8 Å². The van der Waals surface area contributed by atoms with Gasteiger partial charge >= 0.3 is 0 Å². The second kappa shape index (κ2) is 7.51. The lowest BCUT2D eigenvalue weighted by molar-refractivity contribution is -0.0276. The van der Waals surface area contributed by atoms with Crippen LogP contribution in [0.1, 0.15) is 32.0 Å². The number of hydrogen-bond acceptors (Lipinski definition) is 6. The minimum atomic E-state index is -3.30. The van der Waals surface area contributed by atoms with Crippen LogP contribution < -0.4 is 5.56 Å². The predicted molar refractivity (Wildman–Crippen MR) is 94.3 cm³/mol. The standard InChI is InChI=1S/C17H18F2N4O2S/c1-16(2,3)12-5-4-10(7-21-12)13-11(6-20)14(25)23-15(22-13)26-9-17(18,19)8-24/h4-5,7,24H,8-9H2,1-3H3,(H,22,23,25). The number of H-pyrrole nitrogens is 1. The van der Waals surface area contributed by atoms with Crippen molar-refractivity contribution in [1.82, 2.24) is 15.0 Å². The number of nitrogens with zero attached hydrogens (tertiary/aromatic N) is 3. The topological polar surface area (TPSA) is 103 Å². The number of aromatic nitrogens is 3. The first-order chi connectivity index (χ1) is 12.1. The van der Waals surface area contributed by atoms with Crippen molar-refractivity contribution < 1.29 is 13.9 Å². The number of aliphatic hydroxyl groups is 1. The van der Waals surface area contributed by atoms with Crippen LogP contribution in [-0.2, 0) is 5.41 Å². The van der Waals surface area contributed by atoms with Gasteiger partial charge in [-0.15, -0.1) is 0 Å². The van der Waals surface area contributed by atoms with Crippen LogP contribution in [0.2, 0.25) is 0 Å². The molecule has 0 saturated carbocycles. The summed E-state index contributed by atoms with van der Waals surface area (Å²) in [6.07, 6.45) is 1.50. The maximum absolute atomic E-state index is 13.2. The summed E-state index contributed by atoms with van der Waals surface area (Å²) in [5.41, 5.74) is 0.243. The summed E-state index contributed by atoms with van der Waals surface area (Å²) < 4.78 is 26.4. The monoisotopic (exact) mass is 380 g/mol. The molecule has 2 heterocycles. The zero-order valence-corrected chi connectivity index (χ0v) is 15.3. The van der Waals surface area contributed by atoms with Crippen LogP contribution in [0.25, 0.3) is 11.3 Å². The third-order valence-electron chi connectivity index (χ3n) is 3.47. The van der Waals surface area contributed by atoms with E-state index in [-0.39, 0.29) is 21.8 Å². The summed E-state index contributed by atoms with van der Waals surface area (Å²) >= 11 is 0.595. The Labute approximate surface area is 153 Å². The first kappa shape index (κ1) is 20.0. The van der Waals surface area contributed by atoms with Gasteiger partial charge in [-0.3, -0.25) is 9.78 Å². The fraction of sp³-hybridized carbons (Fsp3) is 0.412. The number of aliphatic hydroxyl groups excluding tert-OH is 1. The number of nitriles is 1. The normalized spacial score (nSPS) is 12.0. The van der Waals surface area contributed by atoms with E-state index < -0.39 is 23.8 Å². The minimum Gasteiger partial charge on any atom is -0.390 e. The fourth-order valence-electron chi connectivity index (χ4n) is 2.03. The van der Waals surface area contributed by atoms with E-state index in [1.54, 1.807) is 18.2 Å². The number of halogens is 2. The van der Waals surface area contributed by atoms with Crippen molar-refractivity contribution in [2.45, 2.75) is 37.3 Å². The predicted octanol–water partition coefficient (Wildman–Crippen LogP) is 2.72. The van der Waals surface area contributed by atoms with Crippen LogP contribution >= 0.6 is 11.8 Å². The lowest BCUT2D eigenvalue weighted by Gasteiger charge is -2.17. The Bertz CT molecular complexity index is 884. The third-order valence-corrected chi connectivity index (χ3v) is 4.50. The highest BCUT2D eigenvalue weighted by Gasteiger charge is 2.28. The summed E-state index contributed by atoms with van der Waals surface area (Å²) in [6, 6.07) is 5.24. The summed E-state index contributed by atoms with van der Waals surface area (Å²) in [4.78, 5) is 22.9. The van der Waals surface area contributed by atoms with Crippen LogP contribution in [-0.4, -0.2) is 38.3 Å². The molecule has 2 aromatic rings. The van der Waals surface area contributed by atoms with Gasteiger partial charge in [0.15, 0.2) is 5.16 Å². The molecule has 0 radical (unpaired) electrons. The van der Waals surface area contributed by atoms with Gasteiger partial charge in [0.25, 0.3) is 11.5 Å². The highest BCUT2D eigenvalue weighted by molar-refractivity contribution is 7.99. The van der Waals surface area contributed by atoms with E-state index in [1.165, 1.54) is 6.20 Å². The fourth-order valence-corrected chi connectivity index (χ4v) is 2.79. The van der Waals surface area contributed by atoms with Gasteiger partial charge in [-0.05, 0) is 12.1 Å². The van der Waals surface area contributed by atoms with Crippen LogP contribution in [0.3, 0.4) is 0 Å². The molecule has 26 heavy (non-hydrogen) atoms. The van der Waals surface area contributed by atoms with Crippen molar-refractivity contribution in [1.29, 1.82) is 5.26 Å². The molecule has 2 N–H and O–H groups in total. The molecule has 0 fully saturated rings. The van der Waals surface area contributed by atoms with Gasteiger partial charge in [0, 0.05) is 22.9 Å². The molecule has 0 aliphatic rings. The first-order valence-corrected chi connectivity index (χ1v) is 8.69. The largest absolute Gasteiger partial charge is 0.390 e. The van der Waals surface area contributed by atoms with Crippen molar-refractivity contribution in [3.8, 4) is 17.3 Å². The van der Waals surface area contributed by atoms with Gasteiger partial charge in [-0.1, -0.05) is 32.5 Å². The Morgan fingerprint density at radius 1 is 1.35 bits per heavy atom. The molecule has 9 heteroatoms. The second-order valence-corrected chi connectivity index (χ2v) is 7.66. The van der Waals surface area contributed by atoms with Crippen molar-refractivity contribution in [3.05, 3.63) is 39.9 Å². The number of aromatic amines is 1. The van der Waals surface area contributed by atoms with E-state index in [0.717, 1.165) is 5.69 Å². The maximum atomic E-state index is 13.2. The Morgan fingerprint density at radius 2 is 2.04 bits per heavy atom. The number of rotatable bonds is 5. The van der Waals surface area contributed by atoms with Crippen LogP contribution in [0, 0.1) is 11.3 Å². The van der Waals surface area contributed by atoms with E-state index in [2.05, 4.69) is 15.0 Å². The quantitative estimate of drug-likeness (QED) is 0.611. The smallest absolute Gasteiger partial charge is 0.280 e. The highest BCUT2D eigenvalue weighted by atomic mass is 32.2. The van der Waals surface area contributed by atoms with E-state index in [0.29, 0.717) is 17.3 Å². The van der Waals surface area contributed by atoms with E-state index in [9.17, 15) is 18.8 Å². The Morgan fingerprint density at radius 3 is 2.54 bits per heavy atom. The average molecular weight is 380 g/mol. The molecule has 0 aromatic carbocycles. The lowest BCUT2D eigenvalue weighted by Crippen LogP contribution is -2.25. The van der Waals surface area contributed by atoms with Crippen LogP contribution in [0.4, 0.5) is 8.78 Å². The van der Waals surface area contributed by atoms with Gasteiger partial charge < -0.3 is 10.1 Å². The van der Waals surface area contributed by atoms with Gasteiger partial charge in [0.05, 0.1) is 11.4 Å². The first-order valence-electron chi connectivity index (χ1n) is 7.70. The number of nitrogens with one attached hydrogen (secondary N) is 1. The maximum Gasteiger partial charge on any atom is 0.280 e. The molecule has 2 aromatic heterocycles. The molecule has 0 bridgehead atoms. The molecular weight excluding hydrogens is 362 g/mol. The van der Waals surface area contributed by atoms with E-state index in [1.807, 2.05) is 20.8 Å². The molecule has 6 nitrogen and oxygen atoms in total. The SMILES string of the molecule is CC(C)(C)c1ccc(-c2nc(SCC(F)(F)CO)[nH]c(=O)c2C#N)cn1. The summed E-state index contributed by atoms with van der Waals surface area (Å²) in [6.45, 7) is 4.69. The minimum absolute atomic E-state index is 0.0583. The Kier molecular flexibility index (Phi) is 5.78. The number of alkyl halides is 2. The molecule has 0 atom stereocenters. The molecule has 0 aliphatic heterocycles. The van der Waals surface area contributed by atoms with Crippen molar-refractivity contribution in [2.75, 3.05) is 12.4 Å². The zero-order chi connectivity index (χ0) is 19.5. The van der Waals surface area contributed by atoms with Crippen molar-refractivity contribution in [2.24, 2.45) is 0 Å². The number of pyridine rings is 1. The van der Waals surface area contributed by atoms with Gasteiger partial charge in [0.2, 0.25) is 0 Å². The van der Waals surface area contributed by atoms with Crippen LogP contribution in [0.15, 0.2) is 28.3 Å². The van der Waals surface area contributed by atoms with E-state index in [4.69, 9.17) is 5.11 Å². The molecule has 138 valence electrons. The molecule has 0 saturated heterocycles. The molecule has 0 unspecified atom stereocenters. The molecule has 0 aliphatic carbocycles. The third kappa shape index (κ3) is 4.65. The van der Waals surface area contributed by atoms with Crippen LogP contribution in [0.5, 0.6) is 0 Å². The Balaban J connectivity index is 2.44. The Hall–Kier alpha value is -2.31. The lowest BCUT2D eigenvalue weighted by atomic mass is 9.91. The molecule has 2 rings (SSSR count). The zero-order valence-electron chi connectivity index (χ0n) is 14.5. The summed E-state index contributed by atoms with van der Waals surface area (Å²) in [5, 5.41) is 17.8. The summed E-state index contributed by atoms with van der Waals surface area (Å²) in [5.74, 6) is -4.05. The molecule has 0 amide bonds. The average Bonchev–Trinajstić information content (AvgIpc) is 2.59. The van der Waals surface area contributed by atoms with Gasteiger partial charge in [-0.2, -0.15) is 5.26 Å². The van der Waals surface area contributed by atoms with E-state index >= 15 is 0 Å². The second-order valence-electron chi connectivity index (χ2n) is 6.69. The summed E-state index contributed by atoms with van der Waals surface area (Å²) in [7, 11) is 0. The number of hydrogen-bond donors (Lipinski definition) is 2. The number of thioether (sulfide) groups is 1. The van der Waals surface area contributed by atoms with Crippen molar-refractivity contribution in [3.63, 3.8) is 0 Å². The molecular formula is C17H18F2N4O2S.